The maximum Gasteiger partial charge on any atom is 0.271 e. The van der Waals surface area contributed by atoms with Gasteiger partial charge < -0.3 is 10.6 Å². The van der Waals surface area contributed by atoms with E-state index in [0.29, 0.717) is 35.8 Å². The first-order valence-electron chi connectivity index (χ1n) is 8.98. The molecule has 2 amide bonds. The smallest absolute Gasteiger partial charge is 0.271 e. The average Bonchev–Trinajstić information content (AvgIpc) is 3.09. The Morgan fingerprint density at radius 2 is 1.79 bits per heavy atom. The number of benzene rings is 2. The molecule has 0 spiro atoms. The molecule has 3 aromatic rings. The molecule has 0 unspecified atom stereocenters. The zero-order chi connectivity index (χ0) is 19.9. The van der Waals surface area contributed by atoms with Crippen molar-refractivity contribution in [1.82, 2.24) is 15.1 Å². The highest BCUT2D eigenvalue weighted by molar-refractivity contribution is 6.30. The fourth-order valence-corrected chi connectivity index (χ4v) is 2.84. The van der Waals surface area contributed by atoms with Gasteiger partial charge in [-0.05, 0) is 55.8 Å². The minimum Gasteiger partial charge on any atom is -0.351 e. The Hall–Kier alpha value is -3.12. The molecule has 0 aliphatic heterocycles. The third kappa shape index (κ3) is 5.20. The lowest BCUT2D eigenvalue weighted by atomic mass is 10.2. The van der Waals surface area contributed by atoms with Crippen molar-refractivity contribution in [2.75, 3.05) is 11.9 Å². The van der Waals surface area contributed by atoms with Crippen LogP contribution in [0.5, 0.6) is 0 Å². The number of hydrogen-bond acceptors (Lipinski definition) is 3. The largest absolute Gasteiger partial charge is 0.351 e. The fourth-order valence-electron chi connectivity index (χ4n) is 2.71. The highest BCUT2D eigenvalue weighted by atomic mass is 35.5. The lowest BCUT2D eigenvalue weighted by Gasteiger charge is -2.06. The molecule has 1 heterocycles. The van der Waals surface area contributed by atoms with E-state index in [1.165, 1.54) is 0 Å². The quantitative estimate of drug-likeness (QED) is 0.593. The standard InChI is InChI=1S/C21H21ClN4O2/c1-15-14-19(25-26(15)18-6-3-2-4-7-18)21(28)23-13-5-8-20(27)24-17-11-9-16(22)10-12-17/h2-4,6-7,9-12,14H,5,8,13H2,1H3,(H,23,28)(H,24,27). The number of amides is 2. The van der Waals surface area contributed by atoms with Crippen molar-refractivity contribution in [3.8, 4) is 5.69 Å². The molecule has 7 heteroatoms. The van der Waals surface area contributed by atoms with Crippen LogP contribution >= 0.6 is 11.6 Å². The molecule has 0 bridgehead atoms. The van der Waals surface area contributed by atoms with Gasteiger partial charge in [0, 0.05) is 29.4 Å². The van der Waals surface area contributed by atoms with E-state index in [1.54, 1.807) is 35.0 Å². The summed E-state index contributed by atoms with van der Waals surface area (Å²) in [5.41, 5.74) is 2.82. The van der Waals surface area contributed by atoms with Crippen molar-refractivity contribution in [1.29, 1.82) is 0 Å². The molecule has 1 aromatic heterocycles. The molecule has 0 aliphatic rings. The topological polar surface area (TPSA) is 76.0 Å². The van der Waals surface area contributed by atoms with Gasteiger partial charge in [-0.1, -0.05) is 29.8 Å². The molecule has 0 saturated carbocycles. The molecule has 0 atom stereocenters. The predicted molar refractivity (Wildman–Crippen MR) is 110 cm³/mol. The van der Waals surface area contributed by atoms with Gasteiger partial charge in [0.15, 0.2) is 5.69 Å². The van der Waals surface area contributed by atoms with Gasteiger partial charge in [-0.3, -0.25) is 9.59 Å². The van der Waals surface area contributed by atoms with Gasteiger partial charge in [0.25, 0.3) is 5.91 Å². The fraction of sp³-hybridized carbons (Fsp3) is 0.190. The van der Waals surface area contributed by atoms with Crippen LogP contribution in [0.25, 0.3) is 5.69 Å². The third-order valence-corrected chi connectivity index (χ3v) is 4.37. The molecular formula is C21H21ClN4O2. The van der Waals surface area contributed by atoms with Gasteiger partial charge >= 0.3 is 0 Å². The first kappa shape index (κ1) is 19.6. The number of rotatable bonds is 7. The van der Waals surface area contributed by atoms with Gasteiger partial charge in [0.05, 0.1) is 5.69 Å². The van der Waals surface area contributed by atoms with Crippen LogP contribution in [0.2, 0.25) is 5.02 Å². The Morgan fingerprint density at radius 1 is 1.07 bits per heavy atom. The summed E-state index contributed by atoms with van der Waals surface area (Å²) in [7, 11) is 0. The van der Waals surface area contributed by atoms with Gasteiger partial charge in [0.2, 0.25) is 5.91 Å². The molecule has 3 rings (SSSR count). The maximum atomic E-state index is 12.3. The summed E-state index contributed by atoms with van der Waals surface area (Å²) in [6, 6.07) is 18.3. The van der Waals surface area contributed by atoms with Crippen molar-refractivity contribution >= 4 is 29.1 Å². The van der Waals surface area contributed by atoms with Crippen LogP contribution in [-0.2, 0) is 4.79 Å². The second-order valence-electron chi connectivity index (χ2n) is 6.33. The average molecular weight is 397 g/mol. The number of hydrogen-bond donors (Lipinski definition) is 2. The minimum atomic E-state index is -0.254. The lowest BCUT2D eigenvalue weighted by Crippen LogP contribution is -2.26. The summed E-state index contributed by atoms with van der Waals surface area (Å²) in [6.07, 6.45) is 0.837. The molecule has 0 aliphatic carbocycles. The van der Waals surface area contributed by atoms with Crippen LogP contribution < -0.4 is 10.6 Å². The van der Waals surface area contributed by atoms with E-state index < -0.39 is 0 Å². The van der Waals surface area contributed by atoms with Crippen molar-refractivity contribution in [2.24, 2.45) is 0 Å². The van der Waals surface area contributed by atoms with Crippen LogP contribution in [0.3, 0.4) is 0 Å². The molecule has 2 N–H and O–H groups in total. The van der Waals surface area contributed by atoms with Crippen molar-refractivity contribution < 1.29 is 9.59 Å². The van der Waals surface area contributed by atoms with Crippen LogP contribution in [-0.4, -0.2) is 28.1 Å². The minimum absolute atomic E-state index is 0.110. The molecule has 2 aromatic carbocycles. The summed E-state index contributed by atoms with van der Waals surface area (Å²) in [6.45, 7) is 2.29. The summed E-state index contributed by atoms with van der Waals surface area (Å²) >= 11 is 5.82. The van der Waals surface area contributed by atoms with E-state index in [9.17, 15) is 9.59 Å². The normalized spacial score (nSPS) is 10.5. The number of anilines is 1. The highest BCUT2D eigenvalue weighted by Crippen LogP contribution is 2.14. The van der Waals surface area contributed by atoms with E-state index in [4.69, 9.17) is 11.6 Å². The molecule has 0 saturated heterocycles. The summed E-state index contributed by atoms with van der Waals surface area (Å²) < 4.78 is 1.73. The number of aromatic nitrogens is 2. The van der Waals surface area contributed by atoms with Gasteiger partial charge in [-0.25, -0.2) is 4.68 Å². The van der Waals surface area contributed by atoms with E-state index in [-0.39, 0.29) is 11.8 Å². The number of aryl methyl sites for hydroxylation is 1. The zero-order valence-electron chi connectivity index (χ0n) is 15.5. The lowest BCUT2D eigenvalue weighted by molar-refractivity contribution is -0.116. The Kier molecular flexibility index (Phi) is 6.45. The molecule has 28 heavy (non-hydrogen) atoms. The van der Waals surface area contributed by atoms with E-state index >= 15 is 0 Å². The SMILES string of the molecule is Cc1cc(C(=O)NCCCC(=O)Nc2ccc(Cl)cc2)nn1-c1ccccc1. The zero-order valence-corrected chi connectivity index (χ0v) is 16.2. The molecule has 0 radical (unpaired) electrons. The second kappa shape index (κ2) is 9.19. The number of nitrogens with zero attached hydrogens (tertiary/aromatic N) is 2. The van der Waals surface area contributed by atoms with Crippen molar-refractivity contribution in [2.45, 2.75) is 19.8 Å². The van der Waals surface area contributed by atoms with Crippen molar-refractivity contribution in [3.05, 3.63) is 77.1 Å². The second-order valence-corrected chi connectivity index (χ2v) is 6.77. The van der Waals surface area contributed by atoms with Gasteiger partial charge in [-0.15, -0.1) is 0 Å². The summed E-state index contributed by atoms with van der Waals surface area (Å²) in [5, 5.41) is 10.6. The van der Waals surface area contributed by atoms with E-state index in [0.717, 1.165) is 11.4 Å². The Labute approximate surface area is 168 Å². The highest BCUT2D eigenvalue weighted by Gasteiger charge is 2.13. The monoisotopic (exact) mass is 396 g/mol. The van der Waals surface area contributed by atoms with Crippen molar-refractivity contribution in [3.63, 3.8) is 0 Å². The maximum absolute atomic E-state index is 12.3. The predicted octanol–water partition coefficient (Wildman–Crippen LogP) is 3.98. The Balaban J connectivity index is 1.46. The first-order chi connectivity index (χ1) is 13.5. The molecular weight excluding hydrogens is 376 g/mol. The number of nitrogens with one attached hydrogen (secondary N) is 2. The molecule has 0 fully saturated rings. The van der Waals surface area contributed by atoms with E-state index in [1.807, 2.05) is 37.3 Å². The molecule has 144 valence electrons. The Morgan fingerprint density at radius 3 is 2.50 bits per heavy atom. The van der Waals surface area contributed by atoms with Crippen LogP contribution in [0.1, 0.15) is 29.0 Å². The number of carbonyl (C=O) groups excluding carboxylic acids is 2. The van der Waals surface area contributed by atoms with Gasteiger partial charge in [0.1, 0.15) is 0 Å². The van der Waals surface area contributed by atoms with E-state index in [2.05, 4.69) is 15.7 Å². The summed E-state index contributed by atoms with van der Waals surface area (Å²) in [5.74, 6) is -0.364. The first-order valence-corrected chi connectivity index (χ1v) is 9.36. The Bertz CT molecular complexity index is 952. The summed E-state index contributed by atoms with van der Waals surface area (Å²) in [4.78, 5) is 24.3. The van der Waals surface area contributed by atoms with Crippen LogP contribution in [0.4, 0.5) is 5.69 Å². The van der Waals surface area contributed by atoms with Gasteiger partial charge in [-0.2, -0.15) is 5.10 Å². The van der Waals surface area contributed by atoms with Crippen LogP contribution in [0, 0.1) is 6.92 Å². The number of halogens is 1. The van der Waals surface area contributed by atoms with Crippen LogP contribution in [0.15, 0.2) is 60.7 Å². The third-order valence-electron chi connectivity index (χ3n) is 4.11. The number of carbonyl (C=O) groups is 2. The molecule has 6 nitrogen and oxygen atoms in total. The number of para-hydroxylation sites is 1.